The van der Waals surface area contributed by atoms with Gasteiger partial charge in [0.2, 0.25) is 15.9 Å². The second-order valence-electron chi connectivity index (χ2n) is 12.7. The van der Waals surface area contributed by atoms with Crippen LogP contribution in [0.2, 0.25) is 0 Å². The first kappa shape index (κ1) is 28.1. The van der Waals surface area contributed by atoms with Crippen molar-refractivity contribution >= 4 is 33.5 Å². The third kappa shape index (κ3) is 4.36. The van der Waals surface area contributed by atoms with Crippen LogP contribution in [0.4, 0.5) is 5.69 Å². The fraction of sp³-hybridized carbons (Fsp3) is 0.607. The Morgan fingerprint density at radius 1 is 1.12 bits per heavy atom. The van der Waals surface area contributed by atoms with E-state index in [0.717, 1.165) is 72.3 Å². The molecule has 2 bridgehead atoms. The molecular weight excluding hydrogens is 550 g/mol. The zero-order chi connectivity index (χ0) is 29.5. The SMILES string of the molecule is C[C@@H](O)[C@H]1C(=O)N2C(C(=O)O)=C(CN3c4cccc(CC[N+]56CC[N+](CC(N)=O)(CC5)CC6)c4CS3(=O)=O)[C@H](C)[C@H]12. The van der Waals surface area contributed by atoms with Crippen LogP contribution >= 0.6 is 0 Å². The topological polar surface area (TPSA) is 158 Å². The summed E-state index contributed by atoms with van der Waals surface area (Å²) in [6.45, 7) is 10.1. The average molecular weight is 590 g/mol. The minimum Gasteiger partial charge on any atom is -0.477 e. The van der Waals surface area contributed by atoms with E-state index in [1.807, 2.05) is 12.1 Å². The Bertz CT molecular complexity index is 1450. The molecule has 2 amide bonds. The van der Waals surface area contributed by atoms with Gasteiger partial charge in [0.1, 0.15) is 45.0 Å². The number of rotatable bonds is 9. The number of hydrogen-bond acceptors (Lipinski definition) is 6. The van der Waals surface area contributed by atoms with Gasteiger partial charge >= 0.3 is 5.97 Å². The summed E-state index contributed by atoms with van der Waals surface area (Å²) in [6.07, 6.45) is -0.202. The number of aliphatic hydroxyl groups is 1. The van der Waals surface area contributed by atoms with Gasteiger partial charge in [0.05, 0.1) is 42.6 Å². The summed E-state index contributed by atoms with van der Waals surface area (Å²) in [7, 11) is -3.76. The van der Waals surface area contributed by atoms with Gasteiger partial charge in [-0.25, -0.2) is 13.2 Å². The number of carbonyl (C=O) groups excluding carboxylic acids is 2. The number of nitrogens with zero attached hydrogens (tertiary/aromatic N) is 4. The van der Waals surface area contributed by atoms with Gasteiger partial charge in [-0.15, -0.1) is 0 Å². The first-order chi connectivity index (χ1) is 19.3. The fourth-order valence-electron chi connectivity index (χ4n) is 8.06. The summed E-state index contributed by atoms with van der Waals surface area (Å²) in [4.78, 5) is 37.8. The van der Waals surface area contributed by atoms with Crippen LogP contribution in [-0.4, -0.2) is 121 Å². The van der Waals surface area contributed by atoms with E-state index in [1.165, 1.54) is 16.1 Å². The predicted molar refractivity (Wildman–Crippen MR) is 148 cm³/mol. The molecular formula is C28H39N5O7S+2. The third-order valence-corrected chi connectivity index (χ3v) is 12.2. The van der Waals surface area contributed by atoms with Gasteiger partial charge in [0.25, 0.3) is 5.91 Å². The second kappa shape index (κ2) is 9.51. The molecule has 7 rings (SSSR count). The van der Waals surface area contributed by atoms with Gasteiger partial charge in [-0.1, -0.05) is 19.1 Å². The number of amides is 2. The lowest BCUT2D eigenvalue weighted by atomic mass is 9.78. The maximum atomic E-state index is 13.5. The van der Waals surface area contributed by atoms with Gasteiger partial charge in [-0.05, 0) is 29.7 Å². The number of carboxylic acid groups (broad SMARTS) is 1. The van der Waals surface area contributed by atoms with E-state index in [2.05, 4.69) is 0 Å². The summed E-state index contributed by atoms with van der Waals surface area (Å²) < 4.78 is 30.0. The minimum absolute atomic E-state index is 0.145. The van der Waals surface area contributed by atoms with E-state index in [-0.39, 0.29) is 23.9 Å². The van der Waals surface area contributed by atoms with Gasteiger partial charge in [-0.3, -0.25) is 13.9 Å². The zero-order valence-corrected chi connectivity index (χ0v) is 24.3. The Balaban J connectivity index is 1.23. The Kier molecular flexibility index (Phi) is 6.53. The van der Waals surface area contributed by atoms with Crippen LogP contribution < -0.4 is 10.0 Å². The normalized spacial score (nSPS) is 33.9. The third-order valence-electron chi connectivity index (χ3n) is 10.5. The molecule has 0 saturated carbocycles. The average Bonchev–Trinajstić information content (AvgIpc) is 3.31. The monoisotopic (exact) mass is 589 g/mol. The first-order valence-electron chi connectivity index (χ1n) is 14.4. The molecule has 6 heterocycles. The molecule has 4 atom stereocenters. The first-order valence-corrected chi connectivity index (χ1v) is 16.0. The molecule has 6 aliphatic rings. The number of quaternary nitrogens is 2. The molecule has 4 saturated heterocycles. The molecule has 222 valence electrons. The van der Waals surface area contributed by atoms with Crippen LogP contribution in [-0.2, 0) is 36.6 Å². The summed E-state index contributed by atoms with van der Waals surface area (Å²) in [6, 6.07) is 5.11. The predicted octanol–water partition coefficient (Wildman–Crippen LogP) is -0.779. The highest BCUT2D eigenvalue weighted by Crippen LogP contribution is 2.48. The molecule has 0 aliphatic carbocycles. The van der Waals surface area contributed by atoms with Crippen LogP contribution in [0.5, 0.6) is 0 Å². The Labute approximate surface area is 239 Å². The molecule has 0 aromatic heterocycles. The summed E-state index contributed by atoms with van der Waals surface area (Å²) in [5.41, 5.74) is 8.02. The number of piperazine rings is 3. The maximum absolute atomic E-state index is 13.5. The van der Waals surface area contributed by atoms with Crippen LogP contribution in [0.25, 0.3) is 0 Å². The quantitative estimate of drug-likeness (QED) is 0.252. The number of fused-ring (bicyclic) bond motifs is 5. The highest BCUT2D eigenvalue weighted by Gasteiger charge is 2.60. The molecule has 0 spiro atoms. The summed E-state index contributed by atoms with van der Waals surface area (Å²) >= 11 is 0. The van der Waals surface area contributed by atoms with E-state index in [9.17, 15) is 33.0 Å². The zero-order valence-electron chi connectivity index (χ0n) is 23.5. The van der Waals surface area contributed by atoms with E-state index in [0.29, 0.717) is 17.8 Å². The van der Waals surface area contributed by atoms with Crippen molar-refractivity contribution in [1.29, 1.82) is 0 Å². The van der Waals surface area contributed by atoms with E-state index in [1.54, 1.807) is 13.0 Å². The maximum Gasteiger partial charge on any atom is 0.352 e. The molecule has 0 unspecified atom stereocenters. The number of β-lactam (4-membered cyclic amide) rings is 1. The molecule has 1 aromatic carbocycles. The van der Waals surface area contributed by atoms with Crippen molar-refractivity contribution in [3.05, 3.63) is 40.6 Å². The van der Waals surface area contributed by atoms with Crippen molar-refractivity contribution in [3.8, 4) is 0 Å². The van der Waals surface area contributed by atoms with E-state index < -0.39 is 45.9 Å². The van der Waals surface area contributed by atoms with Crippen LogP contribution in [0.15, 0.2) is 29.5 Å². The molecule has 12 nitrogen and oxygen atoms in total. The van der Waals surface area contributed by atoms with E-state index >= 15 is 0 Å². The van der Waals surface area contributed by atoms with Crippen molar-refractivity contribution in [1.82, 2.24) is 4.90 Å². The van der Waals surface area contributed by atoms with Crippen LogP contribution in [0, 0.1) is 11.8 Å². The van der Waals surface area contributed by atoms with Crippen LogP contribution in [0.1, 0.15) is 25.0 Å². The van der Waals surface area contributed by atoms with Crippen molar-refractivity contribution in [2.75, 3.05) is 63.2 Å². The number of aliphatic hydroxyl groups excluding tert-OH is 1. The molecule has 4 N–H and O–H groups in total. The number of sulfonamides is 1. The Morgan fingerprint density at radius 3 is 2.34 bits per heavy atom. The number of nitrogens with two attached hydrogens (primary N) is 1. The van der Waals surface area contributed by atoms with E-state index in [4.69, 9.17) is 5.73 Å². The number of anilines is 1. The van der Waals surface area contributed by atoms with Gasteiger partial charge in [0.15, 0.2) is 6.54 Å². The number of benzene rings is 1. The lowest BCUT2D eigenvalue weighted by Crippen LogP contribution is -2.76. The number of aliphatic carboxylic acids is 1. The Morgan fingerprint density at radius 2 is 1.76 bits per heavy atom. The molecule has 13 heteroatoms. The van der Waals surface area contributed by atoms with Crippen molar-refractivity contribution in [3.63, 3.8) is 0 Å². The molecule has 1 aromatic rings. The number of hydrogen-bond donors (Lipinski definition) is 3. The van der Waals surface area contributed by atoms with Gasteiger partial charge in [0, 0.05) is 12.3 Å². The summed E-state index contributed by atoms with van der Waals surface area (Å²) in [5.74, 6) is -3.23. The smallest absolute Gasteiger partial charge is 0.352 e. The van der Waals surface area contributed by atoms with Gasteiger partial charge in [-0.2, -0.15) is 0 Å². The molecule has 0 radical (unpaired) electrons. The van der Waals surface area contributed by atoms with Crippen molar-refractivity contribution in [2.24, 2.45) is 17.6 Å². The largest absolute Gasteiger partial charge is 0.477 e. The summed E-state index contributed by atoms with van der Waals surface area (Å²) in [5, 5.41) is 20.1. The lowest BCUT2D eigenvalue weighted by molar-refractivity contribution is -1.08. The molecule has 6 aliphatic heterocycles. The highest BCUT2D eigenvalue weighted by atomic mass is 32.2. The fourth-order valence-corrected chi connectivity index (χ4v) is 9.72. The van der Waals surface area contributed by atoms with Crippen LogP contribution in [0.3, 0.4) is 0 Å². The van der Waals surface area contributed by atoms with Gasteiger partial charge < -0.3 is 29.8 Å². The number of carbonyl (C=O) groups is 3. The van der Waals surface area contributed by atoms with Crippen molar-refractivity contribution in [2.45, 2.75) is 38.2 Å². The minimum atomic E-state index is -3.76. The standard InChI is InChI=1S/C28H37N5O7S/c1-17-20(26(28(37)38)31-25(17)24(18(2)34)27(31)36)14-30-22-5-3-4-19(21(22)16-41(30,39)40)6-7-32-8-11-33(12-9-32,13-10-32)15-23(29)35/h3-5,17-18,24-25,34H,6-16H2,1-2H3,(H-2,29,35,37,38)/p+2/t17-,18+,24+,25+,32?,33?/m0/s1. The molecule has 4 fully saturated rings. The highest BCUT2D eigenvalue weighted by molar-refractivity contribution is 7.92. The Hall–Kier alpha value is -3.00. The number of carboxylic acids is 1. The van der Waals surface area contributed by atoms with Crippen molar-refractivity contribution < 1.29 is 42.0 Å². The molecule has 41 heavy (non-hydrogen) atoms. The number of primary amides is 1. The lowest BCUT2D eigenvalue weighted by Gasteiger charge is -2.55. The second-order valence-corrected chi connectivity index (χ2v) is 14.6.